The molecule has 2 N–H and O–H groups in total. The van der Waals surface area contributed by atoms with Gasteiger partial charge in [0, 0.05) is 0 Å². The minimum Gasteiger partial charge on any atom is -0.473 e. The molecule has 0 unspecified atom stereocenters. The summed E-state index contributed by atoms with van der Waals surface area (Å²) in [6.45, 7) is 4.13. The maximum atomic E-state index is 12.4. The number of amides is 2. The number of hydrogen-bond donors (Lipinski definition) is 2. The van der Waals surface area contributed by atoms with Crippen LogP contribution in [0, 0.1) is 13.8 Å². The molecule has 0 aromatic heterocycles. The molecule has 4 nitrogen and oxygen atoms in total. The number of urea groups is 1. The fraction of sp³-hybridized carbons (Fsp3) is 0.174. The van der Waals surface area contributed by atoms with E-state index in [1.807, 2.05) is 86.6 Å². The van der Waals surface area contributed by atoms with Crippen molar-refractivity contribution >= 4 is 6.03 Å². The van der Waals surface area contributed by atoms with E-state index in [1.54, 1.807) is 0 Å². The highest BCUT2D eigenvalue weighted by Gasteiger charge is 2.16. The normalized spacial score (nSPS) is 10.5. The predicted octanol–water partition coefficient (Wildman–Crippen LogP) is 4.73. The zero-order valence-corrected chi connectivity index (χ0v) is 15.6. The van der Waals surface area contributed by atoms with Gasteiger partial charge in [-0.3, -0.25) is 0 Å². The summed E-state index contributed by atoms with van der Waals surface area (Å²) in [6, 6.07) is 25.3. The summed E-state index contributed by atoms with van der Waals surface area (Å²) >= 11 is 0. The van der Waals surface area contributed by atoms with E-state index in [0.717, 1.165) is 22.4 Å². The third-order valence-corrected chi connectivity index (χ3v) is 4.33. The van der Waals surface area contributed by atoms with Gasteiger partial charge in [-0.1, -0.05) is 78.4 Å². The maximum Gasteiger partial charge on any atom is 0.318 e. The minimum absolute atomic E-state index is 0.103. The number of aryl methyl sites for hydroxylation is 2. The van der Waals surface area contributed by atoms with Gasteiger partial charge in [-0.25, -0.2) is 4.79 Å². The number of carbonyl (C=O) groups is 1. The van der Waals surface area contributed by atoms with Gasteiger partial charge in [0.25, 0.3) is 0 Å². The van der Waals surface area contributed by atoms with E-state index in [1.165, 1.54) is 5.56 Å². The Labute approximate surface area is 160 Å². The number of hydrogen-bond acceptors (Lipinski definition) is 2. The van der Waals surface area contributed by atoms with Crippen molar-refractivity contribution in [1.29, 1.82) is 0 Å². The molecule has 0 saturated heterocycles. The molecule has 3 aromatic carbocycles. The zero-order chi connectivity index (χ0) is 19.1. The molecule has 3 aromatic rings. The molecule has 0 aliphatic heterocycles. The van der Waals surface area contributed by atoms with Crippen molar-refractivity contribution in [3.63, 3.8) is 0 Å². The van der Waals surface area contributed by atoms with Crippen molar-refractivity contribution in [2.45, 2.75) is 19.9 Å². The van der Waals surface area contributed by atoms with Crippen LogP contribution in [0.1, 0.15) is 28.3 Å². The van der Waals surface area contributed by atoms with Gasteiger partial charge in [0.2, 0.25) is 0 Å². The van der Waals surface area contributed by atoms with Crippen LogP contribution >= 0.6 is 0 Å². The number of ether oxygens (including phenoxy) is 1. The quantitative estimate of drug-likeness (QED) is 0.625. The lowest BCUT2D eigenvalue weighted by atomic mass is 9.99. The minimum atomic E-state index is -0.280. The molecular formula is C23H24N2O2. The van der Waals surface area contributed by atoms with E-state index in [4.69, 9.17) is 4.74 Å². The number of benzene rings is 3. The summed E-state index contributed by atoms with van der Waals surface area (Å²) in [5.74, 6) is 0.767. The lowest BCUT2D eigenvalue weighted by Gasteiger charge is -2.20. The molecule has 3 rings (SSSR count). The first kappa shape index (κ1) is 18.5. The third-order valence-electron chi connectivity index (χ3n) is 4.33. The van der Waals surface area contributed by atoms with Crippen LogP contribution in [-0.4, -0.2) is 12.8 Å². The average molecular weight is 360 g/mol. The van der Waals surface area contributed by atoms with Crippen molar-refractivity contribution in [3.05, 3.63) is 101 Å². The summed E-state index contributed by atoms with van der Waals surface area (Å²) in [5.41, 5.74) is 4.27. The van der Waals surface area contributed by atoms with Crippen LogP contribution in [0.15, 0.2) is 78.9 Å². The smallest absolute Gasteiger partial charge is 0.318 e. The Morgan fingerprint density at radius 1 is 0.889 bits per heavy atom. The van der Waals surface area contributed by atoms with Crippen molar-refractivity contribution in [2.75, 3.05) is 6.73 Å². The van der Waals surface area contributed by atoms with Gasteiger partial charge in [0.05, 0.1) is 6.04 Å². The fourth-order valence-electron chi connectivity index (χ4n) is 2.97. The Kier molecular flexibility index (Phi) is 6.10. The number of rotatable bonds is 6. The Hall–Kier alpha value is -3.27. The Morgan fingerprint density at radius 3 is 2.04 bits per heavy atom. The van der Waals surface area contributed by atoms with Crippen LogP contribution in [0.2, 0.25) is 0 Å². The second-order valence-corrected chi connectivity index (χ2v) is 6.46. The molecule has 27 heavy (non-hydrogen) atoms. The largest absolute Gasteiger partial charge is 0.473 e. The second-order valence-electron chi connectivity index (χ2n) is 6.46. The number of carbonyl (C=O) groups excluding carboxylic acids is 1. The standard InChI is InChI=1S/C23H24N2O2/c1-17-13-14-21(18(2)15-17)27-16-24-23(26)25-22(19-9-5-3-6-10-19)20-11-7-4-8-12-20/h3-15,22H,16H2,1-2H3,(H2,24,25,26). The van der Waals surface area contributed by atoms with Crippen molar-refractivity contribution in [3.8, 4) is 5.75 Å². The average Bonchev–Trinajstić information content (AvgIpc) is 2.69. The first-order valence-electron chi connectivity index (χ1n) is 8.98. The molecule has 2 amide bonds. The first-order chi connectivity index (χ1) is 13.1. The second kappa shape index (κ2) is 8.90. The highest BCUT2D eigenvalue weighted by molar-refractivity contribution is 5.75. The van der Waals surface area contributed by atoms with Crippen LogP contribution in [-0.2, 0) is 0 Å². The van der Waals surface area contributed by atoms with Gasteiger partial charge in [-0.05, 0) is 36.6 Å². The van der Waals surface area contributed by atoms with E-state index in [-0.39, 0.29) is 18.8 Å². The molecule has 0 atom stereocenters. The molecule has 0 spiro atoms. The van der Waals surface area contributed by atoms with Gasteiger partial charge < -0.3 is 15.4 Å². The summed E-state index contributed by atoms with van der Waals surface area (Å²) in [5, 5.41) is 5.80. The first-order valence-corrected chi connectivity index (χ1v) is 8.98. The van der Waals surface area contributed by atoms with Crippen LogP contribution in [0.4, 0.5) is 4.79 Å². The summed E-state index contributed by atoms with van der Waals surface area (Å²) < 4.78 is 5.68. The third kappa shape index (κ3) is 5.11. The molecule has 0 aliphatic rings. The molecule has 0 heterocycles. The molecule has 138 valence electrons. The number of nitrogens with one attached hydrogen (secondary N) is 2. The molecule has 0 bridgehead atoms. The lowest BCUT2D eigenvalue weighted by molar-refractivity contribution is 0.221. The Bertz CT molecular complexity index is 840. The van der Waals surface area contributed by atoms with Gasteiger partial charge >= 0.3 is 6.03 Å². The van der Waals surface area contributed by atoms with Crippen molar-refractivity contribution in [1.82, 2.24) is 10.6 Å². The molecule has 0 saturated carbocycles. The van der Waals surface area contributed by atoms with Gasteiger partial charge in [0.1, 0.15) is 5.75 Å². The molecule has 0 aliphatic carbocycles. The monoisotopic (exact) mass is 360 g/mol. The Morgan fingerprint density at radius 2 is 1.48 bits per heavy atom. The van der Waals surface area contributed by atoms with Crippen molar-refractivity contribution < 1.29 is 9.53 Å². The SMILES string of the molecule is Cc1ccc(OCNC(=O)NC(c2ccccc2)c2ccccc2)c(C)c1. The Balaban J connectivity index is 1.63. The van der Waals surface area contributed by atoms with E-state index in [2.05, 4.69) is 16.7 Å². The molecule has 4 heteroatoms. The van der Waals surface area contributed by atoms with E-state index >= 15 is 0 Å². The fourth-order valence-corrected chi connectivity index (χ4v) is 2.97. The molecule has 0 fully saturated rings. The van der Waals surface area contributed by atoms with Gasteiger partial charge in [-0.15, -0.1) is 0 Å². The summed E-state index contributed by atoms with van der Waals surface area (Å²) in [6.07, 6.45) is 0. The highest BCUT2D eigenvalue weighted by Crippen LogP contribution is 2.21. The molecule has 0 radical (unpaired) electrons. The maximum absolute atomic E-state index is 12.4. The van der Waals surface area contributed by atoms with Crippen LogP contribution in [0.3, 0.4) is 0 Å². The van der Waals surface area contributed by atoms with Crippen LogP contribution in [0.25, 0.3) is 0 Å². The predicted molar refractivity (Wildman–Crippen MR) is 108 cm³/mol. The van der Waals surface area contributed by atoms with Crippen LogP contribution < -0.4 is 15.4 Å². The summed E-state index contributed by atoms with van der Waals surface area (Å²) in [7, 11) is 0. The van der Waals surface area contributed by atoms with Gasteiger partial charge in [0.15, 0.2) is 6.73 Å². The molecular weight excluding hydrogens is 336 g/mol. The van der Waals surface area contributed by atoms with Gasteiger partial charge in [-0.2, -0.15) is 0 Å². The highest BCUT2D eigenvalue weighted by atomic mass is 16.5. The van der Waals surface area contributed by atoms with E-state index in [9.17, 15) is 4.79 Å². The van der Waals surface area contributed by atoms with Crippen LogP contribution in [0.5, 0.6) is 5.75 Å². The summed E-state index contributed by atoms with van der Waals surface area (Å²) in [4.78, 5) is 12.4. The van der Waals surface area contributed by atoms with E-state index in [0.29, 0.717) is 0 Å². The van der Waals surface area contributed by atoms with E-state index < -0.39 is 0 Å². The zero-order valence-electron chi connectivity index (χ0n) is 15.6. The van der Waals surface area contributed by atoms with Crippen molar-refractivity contribution in [2.24, 2.45) is 0 Å². The topological polar surface area (TPSA) is 50.4 Å². The lowest BCUT2D eigenvalue weighted by Crippen LogP contribution is -2.40.